The lowest BCUT2D eigenvalue weighted by Gasteiger charge is -2.34. The topological polar surface area (TPSA) is 74.4 Å². The molecule has 1 unspecified atom stereocenters. The molecule has 0 aliphatic carbocycles. The molecule has 0 bridgehead atoms. The molecule has 0 spiro atoms. The molecule has 1 fully saturated rings. The number of H-pyrrole nitrogens is 1. The summed E-state index contributed by atoms with van der Waals surface area (Å²) in [6.45, 7) is 4.42. The largest absolute Gasteiger partial charge is 0.383 e. The third-order valence-electron chi connectivity index (χ3n) is 5.31. The summed E-state index contributed by atoms with van der Waals surface area (Å²) in [5.74, 6) is 0.376. The Hall–Kier alpha value is -2.34. The third kappa shape index (κ3) is 4.07. The fourth-order valence-corrected chi connectivity index (χ4v) is 3.61. The van der Waals surface area contributed by atoms with Gasteiger partial charge in [0, 0.05) is 43.6 Å². The number of likely N-dealkylation sites (tertiary alicyclic amines) is 1. The van der Waals surface area contributed by atoms with Crippen LogP contribution in [-0.2, 0) is 9.53 Å². The summed E-state index contributed by atoms with van der Waals surface area (Å²) < 4.78 is 4.96. The standard InChI is InChI=1S/C20H27N3O3/c1-14(19(24)21-9-12-26-2)15-7-10-23(11-8-15)20(25)18-13-16-5-3-4-6-17(16)22-18/h3-6,13-15,22H,7-12H2,1-2H3,(H,21,24). The van der Waals surface area contributed by atoms with E-state index in [1.807, 2.05) is 42.2 Å². The maximum atomic E-state index is 12.8. The lowest BCUT2D eigenvalue weighted by Crippen LogP contribution is -2.43. The lowest BCUT2D eigenvalue weighted by atomic mass is 9.85. The highest BCUT2D eigenvalue weighted by atomic mass is 16.5. The second-order valence-electron chi connectivity index (χ2n) is 6.97. The summed E-state index contributed by atoms with van der Waals surface area (Å²) in [6.07, 6.45) is 1.70. The van der Waals surface area contributed by atoms with E-state index in [4.69, 9.17) is 4.74 Å². The van der Waals surface area contributed by atoms with Gasteiger partial charge < -0.3 is 19.9 Å². The number of carbonyl (C=O) groups excluding carboxylic acids is 2. The van der Waals surface area contributed by atoms with Gasteiger partial charge in [-0.25, -0.2) is 0 Å². The van der Waals surface area contributed by atoms with Gasteiger partial charge >= 0.3 is 0 Å². The molecule has 1 atom stereocenters. The number of nitrogens with zero attached hydrogens (tertiary/aromatic N) is 1. The Kier molecular flexibility index (Phi) is 5.93. The first-order chi connectivity index (χ1) is 12.6. The van der Waals surface area contributed by atoms with Crippen LogP contribution in [-0.4, -0.2) is 55.0 Å². The number of aromatic nitrogens is 1. The van der Waals surface area contributed by atoms with Crippen molar-refractivity contribution < 1.29 is 14.3 Å². The van der Waals surface area contributed by atoms with Crippen molar-refractivity contribution in [3.8, 4) is 0 Å². The number of aromatic amines is 1. The lowest BCUT2D eigenvalue weighted by molar-refractivity contribution is -0.126. The van der Waals surface area contributed by atoms with Crippen LogP contribution in [0, 0.1) is 11.8 Å². The van der Waals surface area contributed by atoms with Gasteiger partial charge in [-0.05, 0) is 30.9 Å². The summed E-state index contributed by atoms with van der Waals surface area (Å²) in [5, 5.41) is 3.95. The minimum absolute atomic E-state index is 0.0387. The number of fused-ring (bicyclic) bond motifs is 1. The van der Waals surface area contributed by atoms with Crippen LogP contribution in [0.4, 0.5) is 0 Å². The van der Waals surface area contributed by atoms with E-state index in [9.17, 15) is 9.59 Å². The number of hydrogen-bond acceptors (Lipinski definition) is 3. The molecule has 1 aliphatic heterocycles. The van der Waals surface area contributed by atoms with Crippen molar-refractivity contribution in [2.24, 2.45) is 11.8 Å². The first-order valence-electron chi connectivity index (χ1n) is 9.24. The molecule has 1 aliphatic rings. The third-order valence-corrected chi connectivity index (χ3v) is 5.31. The van der Waals surface area contributed by atoms with Crippen LogP contribution in [0.2, 0.25) is 0 Å². The van der Waals surface area contributed by atoms with Crippen LogP contribution < -0.4 is 5.32 Å². The Balaban J connectivity index is 1.54. The van der Waals surface area contributed by atoms with Crippen molar-refractivity contribution in [2.75, 3.05) is 33.4 Å². The molecular weight excluding hydrogens is 330 g/mol. The molecule has 0 saturated carbocycles. The van der Waals surface area contributed by atoms with E-state index in [1.165, 1.54) is 0 Å². The molecule has 1 saturated heterocycles. The predicted molar refractivity (Wildman–Crippen MR) is 101 cm³/mol. The van der Waals surface area contributed by atoms with Crippen LogP contribution in [0.1, 0.15) is 30.3 Å². The van der Waals surface area contributed by atoms with Crippen LogP contribution in [0.5, 0.6) is 0 Å². The number of benzene rings is 1. The minimum atomic E-state index is -0.0443. The number of rotatable bonds is 6. The summed E-state index contributed by atoms with van der Waals surface area (Å²) in [5.41, 5.74) is 1.61. The van der Waals surface area contributed by atoms with Gasteiger partial charge in [-0.2, -0.15) is 0 Å². The quantitative estimate of drug-likeness (QED) is 0.780. The van der Waals surface area contributed by atoms with Crippen LogP contribution in [0.25, 0.3) is 10.9 Å². The maximum absolute atomic E-state index is 12.8. The van der Waals surface area contributed by atoms with Gasteiger partial charge in [0.2, 0.25) is 5.91 Å². The normalized spacial score (nSPS) is 16.6. The van der Waals surface area contributed by atoms with E-state index < -0.39 is 0 Å². The van der Waals surface area contributed by atoms with Crippen LogP contribution in [0.15, 0.2) is 30.3 Å². The van der Waals surface area contributed by atoms with Gasteiger partial charge in [-0.15, -0.1) is 0 Å². The Morgan fingerprint density at radius 3 is 2.73 bits per heavy atom. The van der Waals surface area contributed by atoms with Gasteiger partial charge in [0.25, 0.3) is 5.91 Å². The number of nitrogens with one attached hydrogen (secondary N) is 2. The molecule has 2 aromatic rings. The number of hydrogen-bond donors (Lipinski definition) is 2. The van der Waals surface area contributed by atoms with Crippen LogP contribution in [0.3, 0.4) is 0 Å². The van der Waals surface area contributed by atoms with Crippen LogP contribution >= 0.6 is 0 Å². The molecule has 0 radical (unpaired) electrons. The monoisotopic (exact) mass is 357 g/mol. The summed E-state index contributed by atoms with van der Waals surface area (Å²) in [6, 6.07) is 9.81. The summed E-state index contributed by atoms with van der Waals surface area (Å²) in [4.78, 5) is 30.0. The van der Waals surface area contributed by atoms with E-state index >= 15 is 0 Å². The zero-order chi connectivity index (χ0) is 18.5. The molecule has 2 N–H and O–H groups in total. The average molecular weight is 357 g/mol. The Morgan fingerprint density at radius 2 is 2.04 bits per heavy atom. The molecule has 2 heterocycles. The highest BCUT2D eigenvalue weighted by Crippen LogP contribution is 2.26. The first-order valence-corrected chi connectivity index (χ1v) is 9.24. The Morgan fingerprint density at radius 1 is 1.31 bits per heavy atom. The van der Waals surface area contributed by atoms with E-state index in [0.717, 1.165) is 23.7 Å². The number of para-hydroxylation sites is 1. The number of ether oxygens (including phenoxy) is 1. The van der Waals surface area contributed by atoms with Crippen molar-refractivity contribution in [3.05, 3.63) is 36.0 Å². The highest BCUT2D eigenvalue weighted by Gasteiger charge is 2.30. The SMILES string of the molecule is COCCNC(=O)C(C)C1CCN(C(=O)c2cc3ccccc3[nH]2)CC1. The number of amides is 2. The Labute approximate surface area is 153 Å². The first kappa shape index (κ1) is 18.5. The van der Waals surface area contributed by atoms with Gasteiger partial charge in [0.15, 0.2) is 0 Å². The molecule has 26 heavy (non-hydrogen) atoms. The molecule has 140 valence electrons. The van der Waals surface area contributed by atoms with Crippen molar-refractivity contribution in [1.82, 2.24) is 15.2 Å². The molecule has 1 aromatic heterocycles. The van der Waals surface area contributed by atoms with Crippen molar-refractivity contribution in [1.29, 1.82) is 0 Å². The van der Waals surface area contributed by atoms with Gasteiger partial charge in [0.05, 0.1) is 6.61 Å². The zero-order valence-electron chi connectivity index (χ0n) is 15.5. The fraction of sp³-hybridized carbons (Fsp3) is 0.500. The van der Waals surface area contributed by atoms with Crippen molar-refractivity contribution >= 4 is 22.7 Å². The van der Waals surface area contributed by atoms with Crippen molar-refractivity contribution in [2.45, 2.75) is 19.8 Å². The number of methoxy groups -OCH3 is 1. The average Bonchev–Trinajstić information content (AvgIpc) is 3.11. The molecule has 3 rings (SSSR count). The van der Waals surface area contributed by atoms with Gasteiger partial charge in [-0.1, -0.05) is 25.1 Å². The maximum Gasteiger partial charge on any atom is 0.270 e. The second kappa shape index (κ2) is 8.36. The number of piperidine rings is 1. The van der Waals surface area contributed by atoms with E-state index in [-0.39, 0.29) is 17.7 Å². The van der Waals surface area contributed by atoms with Gasteiger partial charge in [-0.3, -0.25) is 9.59 Å². The zero-order valence-corrected chi connectivity index (χ0v) is 15.5. The molecule has 1 aromatic carbocycles. The summed E-state index contributed by atoms with van der Waals surface area (Å²) in [7, 11) is 1.62. The Bertz CT molecular complexity index is 730. The van der Waals surface area contributed by atoms with Crippen molar-refractivity contribution in [3.63, 3.8) is 0 Å². The van der Waals surface area contributed by atoms with E-state index in [1.54, 1.807) is 7.11 Å². The number of carbonyl (C=O) groups is 2. The fourth-order valence-electron chi connectivity index (χ4n) is 3.61. The van der Waals surface area contributed by atoms with Gasteiger partial charge in [0.1, 0.15) is 5.69 Å². The molecule has 2 amide bonds. The molecule has 6 heteroatoms. The summed E-state index contributed by atoms with van der Waals surface area (Å²) >= 11 is 0. The predicted octanol–water partition coefficient (Wildman–Crippen LogP) is 2.42. The second-order valence-corrected chi connectivity index (χ2v) is 6.97. The van der Waals surface area contributed by atoms with E-state index in [2.05, 4.69) is 10.3 Å². The minimum Gasteiger partial charge on any atom is -0.383 e. The molecule has 6 nitrogen and oxygen atoms in total. The highest BCUT2D eigenvalue weighted by molar-refractivity contribution is 5.98. The molecular formula is C20H27N3O3. The smallest absolute Gasteiger partial charge is 0.270 e. The van der Waals surface area contributed by atoms with E-state index in [0.29, 0.717) is 37.9 Å².